The Morgan fingerprint density at radius 3 is 2.74 bits per heavy atom. The maximum Gasteiger partial charge on any atom is 0.172 e. The van der Waals surface area contributed by atoms with Gasteiger partial charge in [-0.15, -0.1) is 0 Å². The van der Waals surface area contributed by atoms with Crippen molar-refractivity contribution in [3.8, 4) is 0 Å². The van der Waals surface area contributed by atoms with Gasteiger partial charge in [-0.05, 0) is 68.4 Å². The van der Waals surface area contributed by atoms with E-state index in [0.717, 1.165) is 51.7 Å². The molecule has 3 nitrogen and oxygen atoms in total. The van der Waals surface area contributed by atoms with Crippen LogP contribution in [0.3, 0.4) is 0 Å². The van der Waals surface area contributed by atoms with Crippen LogP contribution in [0.25, 0.3) is 0 Å². The molecule has 0 aromatic heterocycles. The topological polar surface area (TPSA) is 35.5 Å². The Kier molecular flexibility index (Phi) is 4.07. The van der Waals surface area contributed by atoms with E-state index >= 15 is 0 Å². The fraction of sp³-hybridized carbons (Fsp3) is 0.708. The Morgan fingerprint density at radius 2 is 2.04 bits per heavy atom. The number of Topliss-reactive ketones (excluding diaryl/α,β-unsaturated/α-hetero) is 1. The van der Waals surface area contributed by atoms with Gasteiger partial charge in [0.05, 0.1) is 13.2 Å². The molecule has 0 radical (unpaired) electrons. The van der Waals surface area contributed by atoms with E-state index in [4.69, 9.17) is 9.47 Å². The molecule has 1 fully saturated rings. The molecule has 0 bridgehead atoms. The van der Waals surface area contributed by atoms with Gasteiger partial charge in [-0.3, -0.25) is 4.79 Å². The van der Waals surface area contributed by atoms with E-state index in [0.29, 0.717) is 17.6 Å². The zero-order chi connectivity index (χ0) is 18.8. The van der Waals surface area contributed by atoms with Crippen molar-refractivity contribution in [2.45, 2.75) is 77.9 Å². The SMILES string of the molecule is CCC1=C(C(C)=O)[C@@]2(C)CC=C3C4=C(CCC3C2C1)CC1(CC4)OCCO1. The highest BCUT2D eigenvalue weighted by molar-refractivity contribution is 5.96. The van der Waals surface area contributed by atoms with E-state index in [1.54, 1.807) is 23.6 Å². The maximum absolute atomic E-state index is 12.5. The van der Waals surface area contributed by atoms with Crippen molar-refractivity contribution in [2.75, 3.05) is 13.2 Å². The highest BCUT2D eigenvalue weighted by atomic mass is 16.7. The summed E-state index contributed by atoms with van der Waals surface area (Å²) in [6.45, 7) is 7.85. The Balaban J connectivity index is 1.48. The molecule has 1 aliphatic heterocycles. The molecule has 0 amide bonds. The number of carbonyl (C=O) groups excluding carboxylic acids is 1. The van der Waals surface area contributed by atoms with Crippen LogP contribution in [0, 0.1) is 17.3 Å². The predicted molar refractivity (Wildman–Crippen MR) is 105 cm³/mol. The van der Waals surface area contributed by atoms with Gasteiger partial charge < -0.3 is 9.47 Å². The van der Waals surface area contributed by atoms with Crippen LogP contribution in [0.2, 0.25) is 0 Å². The van der Waals surface area contributed by atoms with E-state index in [1.807, 2.05) is 0 Å². The standard InChI is InChI=1S/C24H32O3/c1-4-16-13-21-20-6-5-17-14-24(26-11-12-27-24)10-8-18(17)19(20)7-9-23(21,3)22(16)15(2)25/h7,20-21H,4-6,8-14H2,1-3H3/t20?,21?,23-/m0/s1. The minimum atomic E-state index is -0.318. The van der Waals surface area contributed by atoms with E-state index in [1.165, 1.54) is 24.0 Å². The van der Waals surface area contributed by atoms with Gasteiger partial charge in [0.25, 0.3) is 0 Å². The second kappa shape index (κ2) is 6.15. The zero-order valence-electron chi connectivity index (χ0n) is 17.0. The van der Waals surface area contributed by atoms with Crippen LogP contribution in [0.4, 0.5) is 0 Å². The summed E-state index contributed by atoms with van der Waals surface area (Å²) < 4.78 is 12.0. The normalized spacial score (nSPS) is 37.2. The lowest BCUT2D eigenvalue weighted by Gasteiger charge is -2.48. The number of carbonyl (C=O) groups is 1. The van der Waals surface area contributed by atoms with Gasteiger partial charge in [-0.1, -0.05) is 31.1 Å². The van der Waals surface area contributed by atoms with Crippen molar-refractivity contribution >= 4 is 5.78 Å². The van der Waals surface area contributed by atoms with Gasteiger partial charge in [-0.2, -0.15) is 0 Å². The quantitative estimate of drug-likeness (QED) is 0.666. The summed E-state index contributed by atoms with van der Waals surface area (Å²) in [7, 11) is 0. The first-order chi connectivity index (χ1) is 13.0. The van der Waals surface area contributed by atoms with Gasteiger partial charge in [0.1, 0.15) is 0 Å². The van der Waals surface area contributed by atoms with Gasteiger partial charge in [0.15, 0.2) is 11.6 Å². The third-order valence-corrected chi connectivity index (χ3v) is 8.20. The summed E-state index contributed by atoms with van der Waals surface area (Å²) >= 11 is 0. The Morgan fingerprint density at radius 1 is 1.26 bits per heavy atom. The van der Waals surface area contributed by atoms with Gasteiger partial charge in [-0.25, -0.2) is 0 Å². The molecule has 27 heavy (non-hydrogen) atoms. The second-order valence-electron chi connectivity index (χ2n) is 9.49. The highest BCUT2D eigenvalue weighted by Crippen LogP contribution is 2.61. The Labute approximate surface area is 162 Å². The number of hydrogen-bond donors (Lipinski definition) is 0. The lowest BCUT2D eigenvalue weighted by Crippen LogP contribution is -2.40. The summed E-state index contributed by atoms with van der Waals surface area (Å²) in [5.41, 5.74) is 7.47. The monoisotopic (exact) mass is 368 g/mol. The number of ketones is 1. The summed E-state index contributed by atoms with van der Waals surface area (Å²) in [6.07, 6.45) is 11.1. The van der Waals surface area contributed by atoms with E-state index < -0.39 is 0 Å². The number of hydrogen-bond acceptors (Lipinski definition) is 3. The summed E-state index contributed by atoms with van der Waals surface area (Å²) in [6, 6.07) is 0. The second-order valence-corrected chi connectivity index (χ2v) is 9.49. The largest absolute Gasteiger partial charge is 0.347 e. The average Bonchev–Trinajstić information content (AvgIpc) is 3.22. The molecular weight excluding hydrogens is 336 g/mol. The molecule has 0 N–H and O–H groups in total. The maximum atomic E-state index is 12.5. The van der Waals surface area contributed by atoms with Gasteiger partial charge in [0.2, 0.25) is 0 Å². The predicted octanol–water partition coefficient (Wildman–Crippen LogP) is 5.27. The van der Waals surface area contributed by atoms with Crippen LogP contribution in [-0.4, -0.2) is 24.8 Å². The summed E-state index contributed by atoms with van der Waals surface area (Å²) in [4.78, 5) is 12.5. The van der Waals surface area contributed by atoms with Crippen molar-refractivity contribution in [2.24, 2.45) is 17.3 Å². The Bertz CT molecular complexity index is 777. The lowest BCUT2D eigenvalue weighted by atomic mass is 9.57. The average molecular weight is 369 g/mol. The lowest BCUT2D eigenvalue weighted by molar-refractivity contribution is -0.164. The van der Waals surface area contributed by atoms with Crippen LogP contribution in [0.15, 0.2) is 33.9 Å². The molecule has 0 saturated carbocycles. The molecule has 4 aliphatic carbocycles. The van der Waals surface area contributed by atoms with Crippen LogP contribution >= 0.6 is 0 Å². The number of fused-ring (bicyclic) bond motifs is 4. The number of ether oxygens (including phenoxy) is 2. The van der Waals surface area contributed by atoms with Gasteiger partial charge >= 0.3 is 0 Å². The molecule has 146 valence electrons. The number of rotatable bonds is 2. The molecule has 1 heterocycles. The molecule has 0 aromatic carbocycles. The van der Waals surface area contributed by atoms with Crippen molar-refractivity contribution in [3.63, 3.8) is 0 Å². The number of allylic oxidation sites excluding steroid dienone is 5. The first kappa shape index (κ1) is 17.9. The van der Waals surface area contributed by atoms with E-state index in [2.05, 4.69) is 19.9 Å². The zero-order valence-corrected chi connectivity index (χ0v) is 17.0. The van der Waals surface area contributed by atoms with E-state index in [-0.39, 0.29) is 11.2 Å². The molecule has 0 aromatic rings. The molecule has 2 unspecified atom stereocenters. The molecule has 5 aliphatic rings. The highest BCUT2D eigenvalue weighted by Gasteiger charge is 2.53. The smallest absolute Gasteiger partial charge is 0.172 e. The van der Waals surface area contributed by atoms with Crippen molar-refractivity contribution in [1.82, 2.24) is 0 Å². The molecule has 3 atom stereocenters. The molecule has 1 saturated heterocycles. The van der Waals surface area contributed by atoms with Crippen LogP contribution in [0.1, 0.15) is 72.1 Å². The van der Waals surface area contributed by atoms with Crippen molar-refractivity contribution < 1.29 is 14.3 Å². The fourth-order valence-electron chi connectivity index (χ4n) is 7.06. The minimum Gasteiger partial charge on any atom is -0.347 e. The molecule has 5 rings (SSSR count). The van der Waals surface area contributed by atoms with Crippen molar-refractivity contribution in [3.05, 3.63) is 33.9 Å². The Hall–Kier alpha value is -1.19. The third-order valence-electron chi connectivity index (χ3n) is 8.20. The minimum absolute atomic E-state index is 0.0526. The first-order valence-electron chi connectivity index (χ1n) is 10.9. The van der Waals surface area contributed by atoms with Gasteiger partial charge in [0, 0.05) is 23.8 Å². The summed E-state index contributed by atoms with van der Waals surface area (Å²) in [5, 5.41) is 0. The first-order valence-corrected chi connectivity index (χ1v) is 10.9. The van der Waals surface area contributed by atoms with Crippen LogP contribution in [0.5, 0.6) is 0 Å². The fourth-order valence-corrected chi connectivity index (χ4v) is 7.06. The van der Waals surface area contributed by atoms with Crippen molar-refractivity contribution in [1.29, 1.82) is 0 Å². The molecule has 1 spiro atoms. The third kappa shape index (κ3) is 2.50. The van der Waals surface area contributed by atoms with Crippen LogP contribution < -0.4 is 0 Å². The summed E-state index contributed by atoms with van der Waals surface area (Å²) in [5.74, 6) is 1.22. The molecule has 3 heteroatoms. The van der Waals surface area contributed by atoms with Crippen LogP contribution in [-0.2, 0) is 14.3 Å². The molecular formula is C24H32O3. The van der Waals surface area contributed by atoms with E-state index in [9.17, 15) is 4.79 Å².